The molecule has 1 amide bonds. The molecule has 0 unspecified atom stereocenters. The number of nitrogens with one attached hydrogen (secondary N) is 1. The summed E-state index contributed by atoms with van der Waals surface area (Å²) in [6, 6.07) is 0. The molecule has 16 heavy (non-hydrogen) atoms. The molecule has 0 saturated carbocycles. The van der Waals surface area contributed by atoms with E-state index in [0.29, 0.717) is 19.4 Å². The second-order valence-corrected chi connectivity index (χ2v) is 5.69. The molecular weight excluding hydrogens is 253 g/mol. The van der Waals surface area contributed by atoms with Gasteiger partial charge in [-0.1, -0.05) is 6.42 Å². The van der Waals surface area contributed by atoms with Crippen molar-refractivity contribution in [3.8, 4) is 0 Å². The molecule has 0 aliphatic carbocycles. The number of hydrogen-bond acceptors (Lipinski definition) is 2. The number of halogens is 2. The van der Waals surface area contributed by atoms with Gasteiger partial charge in [-0.3, -0.25) is 9.59 Å². The summed E-state index contributed by atoms with van der Waals surface area (Å²) in [5.41, 5.74) is 0. The molecule has 0 aromatic heterocycles. The Kier molecular flexibility index (Phi) is 12.3. The zero-order chi connectivity index (χ0) is 13.0. The Bertz CT molecular complexity index is 187. The summed E-state index contributed by atoms with van der Waals surface area (Å²) in [5.74, 6) is -0.756. The van der Waals surface area contributed by atoms with Crippen molar-refractivity contribution in [2.24, 2.45) is 0 Å². The topological polar surface area (TPSA) is 66.4 Å². The average Bonchev–Trinajstić information content (AvgIpc) is 2.08. The van der Waals surface area contributed by atoms with E-state index in [1.165, 1.54) is 0 Å². The monoisotopic (exact) mass is 271 g/mol. The molecule has 0 aliphatic heterocycles. The van der Waals surface area contributed by atoms with E-state index in [2.05, 4.69) is 5.32 Å². The molecule has 4 nitrogen and oxygen atoms in total. The fraction of sp³-hybridized carbons (Fsp3) is 0.800. The Morgan fingerprint density at radius 3 is 2.19 bits per heavy atom. The van der Waals surface area contributed by atoms with Gasteiger partial charge in [0.25, 0.3) is 0 Å². The summed E-state index contributed by atoms with van der Waals surface area (Å²) < 4.78 is -0.556. The Hall–Kier alpha value is -0.480. The van der Waals surface area contributed by atoms with Crippen molar-refractivity contribution in [1.82, 2.24) is 5.32 Å². The smallest absolute Gasteiger partial charge is 0.303 e. The zero-order valence-electron chi connectivity index (χ0n) is 9.63. The largest absolute Gasteiger partial charge is 0.481 e. The van der Waals surface area contributed by atoms with Gasteiger partial charge in [-0.25, -0.2) is 0 Å². The van der Waals surface area contributed by atoms with Gasteiger partial charge in [-0.05, 0) is 26.7 Å². The number of carboxylic acid groups (broad SMARTS) is 1. The van der Waals surface area contributed by atoms with Gasteiger partial charge in [0.15, 0.2) is 0 Å². The molecule has 0 aromatic rings. The predicted molar refractivity (Wildman–Crippen MR) is 66.0 cm³/mol. The maximum Gasteiger partial charge on any atom is 0.303 e. The van der Waals surface area contributed by atoms with E-state index in [9.17, 15) is 9.59 Å². The average molecular weight is 272 g/mol. The highest BCUT2D eigenvalue weighted by atomic mass is 35.5. The van der Waals surface area contributed by atoms with E-state index >= 15 is 0 Å². The van der Waals surface area contributed by atoms with Crippen LogP contribution in [-0.4, -0.2) is 28.4 Å². The number of carboxylic acids is 1. The molecule has 0 bridgehead atoms. The fourth-order valence-electron chi connectivity index (χ4n) is 0.739. The molecule has 0 atom stereocenters. The van der Waals surface area contributed by atoms with Crippen molar-refractivity contribution in [2.75, 3.05) is 6.54 Å². The highest BCUT2D eigenvalue weighted by Crippen LogP contribution is 2.16. The first-order chi connectivity index (χ1) is 7.27. The molecule has 0 fully saturated rings. The minimum Gasteiger partial charge on any atom is -0.481 e. The summed E-state index contributed by atoms with van der Waals surface area (Å²) in [4.78, 5) is 19.8. The predicted octanol–water partition coefficient (Wildman–Crippen LogP) is 2.58. The van der Waals surface area contributed by atoms with E-state index < -0.39 is 10.3 Å². The fourth-order valence-corrected chi connectivity index (χ4v) is 0.739. The van der Waals surface area contributed by atoms with Crippen LogP contribution in [0.15, 0.2) is 0 Å². The highest BCUT2D eigenvalue weighted by Gasteiger charge is 2.03. The van der Waals surface area contributed by atoms with Crippen LogP contribution in [-0.2, 0) is 9.59 Å². The van der Waals surface area contributed by atoms with Crippen molar-refractivity contribution in [1.29, 1.82) is 0 Å². The van der Waals surface area contributed by atoms with Crippen LogP contribution in [0.25, 0.3) is 0 Å². The van der Waals surface area contributed by atoms with E-state index in [-0.39, 0.29) is 6.42 Å². The first-order valence-corrected chi connectivity index (χ1v) is 5.79. The third kappa shape index (κ3) is 37.5. The number of unbranched alkanes of at least 4 members (excludes halogenated alkanes) is 2. The molecule has 0 saturated heterocycles. The Labute approximate surface area is 106 Å². The van der Waals surface area contributed by atoms with Crippen LogP contribution in [0.1, 0.15) is 39.5 Å². The first kappa shape index (κ1) is 17.9. The second kappa shape index (κ2) is 11.0. The number of aliphatic carboxylic acids is 1. The van der Waals surface area contributed by atoms with E-state index in [4.69, 9.17) is 28.3 Å². The third-order valence-electron chi connectivity index (χ3n) is 1.30. The van der Waals surface area contributed by atoms with E-state index in [1.807, 2.05) is 0 Å². The van der Waals surface area contributed by atoms with Crippen molar-refractivity contribution in [3.63, 3.8) is 0 Å². The van der Waals surface area contributed by atoms with Crippen molar-refractivity contribution in [3.05, 3.63) is 0 Å². The van der Waals surface area contributed by atoms with Gasteiger partial charge >= 0.3 is 5.97 Å². The van der Waals surface area contributed by atoms with Gasteiger partial charge < -0.3 is 10.4 Å². The van der Waals surface area contributed by atoms with Gasteiger partial charge in [0, 0.05) is 13.0 Å². The molecule has 0 radical (unpaired) electrons. The molecule has 0 aromatic carbocycles. The van der Waals surface area contributed by atoms with Crippen LogP contribution in [0, 0.1) is 0 Å². The van der Waals surface area contributed by atoms with Crippen LogP contribution < -0.4 is 5.32 Å². The summed E-state index contributed by atoms with van der Waals surface area (Å²) in [5, 5.41) is 10.8. The standard InChI is InChI=1S/C7H13NO3.C3H6Cl2/c9-6-8-5-3-1-2-4-7(10)11;1-3(2,4)5/h6H,1-5H2,(H,8,9)(H,10,11);1-2H3. The number of amides is 1. The minimum atomic E-state index is -0.756. The highest BCUT2D eigenvalue weighted by molar-refractivity contribution is 6.47. The molecule has 0 rings (SSSR count). The van der Waals surface area contributed by atoms with Crippen molar-refractivity contribution in [2.45, 2.75) is 43.9 Å². The Balaban J connectivity index is 0. The SMILES string of the molecule is CC(C)(Cl)Cl.O=CNCCCCCC(=O)O. The lowest BCUT2D eigenvalue weighted by Gasteiger charge is -1.98. The second-order valence-electron chi connectivity index (χ2n) is 3.60. The first-order valence-electron chi connectivity index (χ1n) is 5.04. The molecule has 2 N–H and O–H groups in total. The number of alkyl halides is 2. The summed E-state index contributed by atoms with van der Waals surface area (Å²) in [6.45, 7) is 4.08. The third-order valence-corrected chi connectivity index (χ3v) is 1.30. The van der Waals surface area contributed by atoms with Crippen LogP contribution in [0.5, 0.6) is 0 Å². The quantitative estimate of drug-likeness (QED) is 0.425. The van der Waals surface area contributed by atoms with Gasteiger partial charge in [-0.15, -0.1) is 23.2 Å². The maximum atomic E-state index is 10.0. The number of hydrogen-bond donors (Lipinski definition) is 2. The molecule has 0 heterocycles. The van der Waals surface area contributed by atoms with Gasteiger partial charge in [0.05, 0.1) is 0 Å². The summed E-state index contributed by atoms with van der Waals surface area (Å²) in [6.07, 6.45) is 3.27. The minimum absolute atomic E-state index is 0.223. The number of rotatable bonds is 7. The van der Waals surface area contributed by atoms with Gasteiger partial charge in [-0.2, -0.15) is 0 Å². The Morgan fingerprint density at radius 2 is 1.81 bits per heavy atom. The van der Waals surface area contributed by atoms with Crippen LogP contribution in [0.4, 0.5) is 0 Å². The zero-order valence-corrected chi connectivity index (χ0v) is 11.1. The van der Waals surface area contributed by atoms with Crippen LogP contribution in [0.3, 0.4) is 0 Å². The summed E-state index contributed by atoms with van der Waals surface area (Å²) >= 11 is 10.6. The Morgan fingerprint density at radius 1 is 1.31 bits per heavy atom. The van der Waals surface area contributed by atoms with Gasteiger partial charge in [0.1, 0.15) is 4.33 Å². The molecule has 0 spiro atoms. The molecule has 96 valence electrons. The lowest BCUT2D eigenvalue weighted by molar-refractivity contribution is -0.137. The number of carbonyl (C=O) groups excluding carboxylic acids is 1. The van der Waals surface area contributed by atoms with Gasteiger partial charge in [0.2, 0.25) is 6.41 Å². The molecular formula is C10H19Cl2NO3. The lowest BCUT2D eigenvalue weighted by atomic mass is 10.2. The summed E-state index contributed by atoms with van der Waals surface area (Å²) in [7, 11) is 0. The normalized spacial score (nSPS) is 10.0. The number of carbonyl (C=O) groups is 2. The van der Waals surface area contributed by atoms with Crippen LogP contribution >= 0.6 is 23.2 Å². The lowest BCUT2D eigenvalue weighted by Crippen LogP contribution is -2.11. The maximum absolute atomic E-state index is 10.0. The van der Waals surface area contributed by atoms with E-state index in [0.717, 1.165) is 12.8 Å². The van der Waals surface area contributed by atoms with E-state index in [1.54, 1.807) is 13.8 Å². The molecule has 0 aliphatic rings. The van der Waals surface area contributed by atoms with Crippen LogP contribution in [0.2, 0.25) is 0 Å². The van der Waals surface area contributed by atoms with Crippen molar-refractivity contribution >= 4 is 35.6 Å². The van der Waals surface area contributed by atoms with Crippen molar-refractivity contribution < 1.29 is 14.7 Å². The molecule has 6 heteroatoms.